The van der Waals surface area contributed by atoms with Gasteiger partial charge in [-0.05, 0) is 13.0 Å². The highest BCUT2D eigenvalue weighted by atomic mass is 16.2. The predicted molar refractivity (Wildman–Crippen MR) is 61.7 cm³/mol. The molecule has 2 aromatic rings. The summed E-state index contributed by atoms with van der Waals surface area (Å²) < 4.78 is 0. The van der Waals surface area contributed by atoms with E-state index < -0.39 is 0 Å². The number of rotatable bonds is 2. The molecule has 0 saturated heterocycles. The number of fused-ring (bicyclic) bond motifs is 1. The van der Waals surface area contributed by atoms with Crippen LogP contribution in [0, 0.1) is 6.92 Å². The van der Waals surface area contributed by atoms with Gasteiger partial charge < -0.3 is 0 Å². The van der Waals surface area contributed by atoms with Crippen molar-refractivity contribution in [3.8, 4) is 0 Å². The number of amides is 1. The molecule has 82 valence electrons. The normalized spacial score (nSPS) is 10.1. The number of hydrogen-bond donors (Lipinski definition) is 2. The van der Waals surface area contributed by atoms with Gasteiger partial charge in [0.2, 0.25) is 11.9 Å². The monoisotopic (exact) mass is 216 g/mol. The molecule has 16 heavy (non-hydrogen) atoms. The zero-order valence-corrected chi connectivity index (χ0v) is 9.11. The number of carbonyl (C=O) groups excluding carboxylic acids is 1. The van der Waals surface area contributed by atoms with Crippen LogP contribution in [0.3, 0.4) is 0 Å². The quantitative estimate of drug-likeness (QED) is 0.745. The summed E-state index contributed by atoms with van der Waals surface area (Å²) >= 11 is 0. The Morgan fingerprint density at radius 1 is 1.25 bits per heavy atom. The van der Waals surface area contributed by atoms with E-state index in [0.717, 1.165) is 16.6 Å². The Bertz CT molecular complexity index is 538. The molecule has 1 heterocycles. The lowest BCUT2D eigenvalue weighted by atomic mass is 10.2. The van der Waals surface area contributed by atoms with Crippen LogP contribution in [0.1, 0.15) is 12.6 Å². The number of benzene rings is 1. The van der Waals surface area contributed by atoms with Gasteiger partial charge in [-0.25, -0.2) is 9.97 Å². The fraction of sp³-hybridized carbons (Fsp3) is 0.182. The van der Waals surface area contributed by atoms with Gasteiger partial charge in [0.15, 0.2) is 0 Å². The van der Waals surface area contributed by atoms with Gasteiger partial charge in [-0.1, -0.05) is 18.2 Å². The van der Waals surface area contributed by atoms with E-state index in [-0.39, 0.29) is 5.91 Å². The van der Waals surface area contributed by atoms with E-state index in [9.17, 15) is 4.79 Å². The van der Waals surface area contributed by atoms with Gasteiger partial charge in [0.05, 0.1) is 11.2 Å². The van der Waals surface area contributed by atoms with Crippen molar-refractivity contribution in [1.82, 2.24) is 15.4 Å². The fourth-order valence-corrected chi connectivity index (χ4v) is 1.44. The van der Waals surface area contributed by atoms with Gasteiger partial charge in [-0.15, -0.1) is 0 Å². The van der Waals surface area contributed by atoms with Crippen molar-refractivity contribution in [2.24, 2.45) is 0 Å². The van der Waals surface area contributed by atoms with Crippen LogP contribution in [0.2, 0.25) is 0 Å². The minimum absolute atomic E-state index is 0.186. The van der Waals surface area contributed by atoms with Crippen molar-refractivity contribution < 1.29 is 4.79 Å². The number of nitrogens with one attached hydrogen (secondary N) is 2. The Labute approximate surface area is 92.9 Å². The summed E-state index contributed by atoms with van der Waals surface area (Å²) in [6.45, 7) is 3.32. The molecular weight excluding hydrogens is 204 g/mol. The van der Waals surface area contributed by atoms with E-state index >= 15 is 0 Å². The van der Waals surface area contributed by atoms with Crippen molar-refractivity contribution in [3.05, 3.63) is 30.0 Å². The van der Waals surface area contributed by atoms with Crippen LogP contribution < -0.4 is 10.9 Å². The lowest BCUT2D eigenvalue weighted by Gasteiger charge is -2.07. The Morgan fingerprint density at radius 2 is 2.00 bits per heavy atom. The highest BCUT2D eigenvalue weighted by molar-refractivity contribution is 5.82. The summed E-state index contributed by atoms with van der Waals surface area (Å²) in [6, 6.07) is 7.73. The maximum atomic E-state index is 10.7. The molecule has 5 heteroatoms. The van der Waals surface area contributed by atoms with Crippen LogP contribution in [-0.4, -0.2) is 15.9 Å². The van der Waals surface area contributed by atoms with Gasteiger partial charge in [-0.3, -0.25) is 15.6 Å². The highest BCUT2D eigenvalue weighted by Crippen LogP contribution is 2.15. The Balaban J connectivity index is 2.38. The minimum atomic E-state index is -0.186. The number of carbonyl (C=O) groups is 1. The molecule has 2 N–H and O–H groups in total. The van der Waals surface area contributed by atoms with Crippen LogP contribution in [0.5, 0.6) is 0 Å². The van der Waals surface area contributed by atoms with Crippen molar-refractivity contribution in [1.29, 1.82) is 0 Å². The third-order valence-corrected chi connectivity index (χ3v) is 2.14. The predicted octanol–water partition coefficient (Wildman–Crippen LogP) is 1.40. The molecule has 0 aliphatic carbocycles. The van der Waals surface area contributed by atoms with E-state index in [1.165, 1.54) is 6.92 Å². The van der Waals surface area contributed by atoms with Crippen molar-refractivity contribution in [2.75, 3.05) is 5.43 Å². The van der Waals surface area contributed by atoms with Crippen molar-refractivity contribution in [2.45, 2.75) is 13.8 Å². The lowest BCUT2D eigenvalue weighted by molar-refractivity contribution is -0.118. The minimum Gasteiger partial charge on any atom is -0.274 e. The van der Waals surface area contributed by atoms with E-state index in [1.54, 1.807) is 0 Å². The second kappa shape index (κ2) is 4.14. The summed E-state index contributed by atoms with van der Waals surface area (Å²) in [5.41, 5.74) is 6.82. The maximum Gasteiger partial charge on any atom is 0.242 e. The molecule has 0 aliphatic rings. The van der Waals surface area contributed by atoms with Crippen LogP contribution in [0.25, 0.3) is 10.9 Å². The van der Waals surface area contributed by atoms with Gasteiger partial charge in [-0.2, -0.15) is 0 Å². The molecule has 0 spiro atoms. The largest absolute Gasteiger partial charge is 0.274 e. The van der Waals surface area contributed by atoms with Crippen molar-refractivity contribution >= 4 is 22.8 Å². The second-order valence-electron chi connectivity index (χ2n) is 3.46. The van der Waals surface area contributed by atoms with Crippen LogP contribution in [0.15, 0.2) is 24.3 Å². The lowest BCUT2D eigenvalue weighted by Crippen LogP contribution is -2.27. The molecule has 1 aromatic carbocycles. The summed E-state index contributed by atoms with van der Waals surface area (Å²) in [5, 5.41) is 1.01. The molecule has 0 fully saturated rings. The number of hydrazine groups is 1. The van der Waals surface area contributed by atoms with Crippen LogP contribution >= 0.6 is 0 Å². The number of para-hydroxylation sites is 1. The number of nitrogens with zero attached hydrogens (tertiary/aromatic N) is 2. The molecule has 0 atom stereocenters. The Hall–Kier alpha value is -2.17. The van der Waals surface area contributed by atoms with Crippen LogP contribution in [0.4, 0.5) is 5.95 Å². The molecule has 0 saturated carbocycles. The van der Waals surface area contributed by atoms with Crippen LogP contribution in [-0.2, 0) is 4.79 Å². The summed E-state index contributed by atoms with van der Waals surface area (Å²) in [4.78, 5) is 19.2. The highest BCUT2D eigenvalue weighted by Gasteiger charge is 2.03. The summed E-state index contributed by atoms with van der Waals surface area (Å²) in [5.74, 6) is 0.209. The maximum absolute atomic E-state index is 10.7. The number of anilines is 1. The van der Waals surface area contributed by atoms with Gasteiger partial charge in [0, 0.05) is 12.3 Å². The molecule has 5 nitrogen and oxygen atoms in total. The van der Waals surface area contributed by atoms with E-state index in [4.69, 9.17) is 0 Å². The Morgan fingerprint density at radius 3 is 2.75 bits per heavy atom. The number of hydrogen-bond acceptors (Lipinski definition) is 4. The molecule has 1 amide bonds. The Kier molecular flexibility index (Phi) is 2.68. The molecule has 0 unspecified atom stereocenters. The van der Waals surface area contributed by atoms with Gasteiger partial charge in [0.25, 0.3) is 0 Å². The second-order valence-corrected chi connectivity index (χ2v) is 3.46. The van der Waals surface area contributed by atoms with Gasteiger partial charge in [0.1, 0.15) is 0 Å². The van der Waals surface area contributed by atoms with E-state index in [2.05, 4.69) is 20.8 Å². The third kappa shape index (κ3) is 2.08. The zero-order chi connectivity index (χ0) is 11.5. The molecule has 0 bridgehead atoms. The summed E-state index contributed by atoms with van der Waals surface area (Å²) in [6.07, 6.45) is 0. The topological polar surface area (TPSA) is 66.9 Å². The van der Waals surface area contributed by atoms with E-state index in [0.29, 0.717) is 5.95 Å². The average Bonchev–Trinajstić information content (AvgIpc) is 2.26. The molecule has 0 aliphatic heterocycles. The molecule has 2 rings (SSSR count). The zero-order valence-electron chi connectivity index (χ0n) is 9.11. The number of aromatic nitrogens is 2. The number of aryl methyl sites for hydroxylation is 1. The van der Waals surface area contributed by atoms with Gasteiger partial charge >= 0.3 is 0 Å². The standard InChI is InChI=1S/C11H12N4O/c1-7-9-5-3-4-6-10(9)13-11(12-7)15-14-8(2)16/h3-6H,1-2H3,(H,14,16)(H,12,13,15). The first-order valence-electron chi connectivity index (χ1n) is 4.93. The first-order chi connectivity index (χ1) is 7.66. The first kappa shape index (κ1) is 10.4. The smallest absolute Gasteiger partial charge is 0.242 e. The fourth-order valence-electron chi connectivity index (χ4n) is 1.44. The van der Waals surface area contributed by atoms with E-state index in [1.807, 2.05) is 31.2 Å². The first-order valence-corrected chi connectivity index (χ1v) is 4.93. The summed E-state index contributed by atoms with van der Waals surface area (Å²) in [7, 11) is 0. The third-order valence-electron chi connectivity index (χ3n) is 2.14. The van der Waals surface area contributed by atoms with Crippen molar-refractivity contribution in [3.63, 3.8) is 0 Å². The molecular formula is C11H12N4O. The molecule has 0 radical (unpaired) electrons. The SMILES string of the molecule is CC(=O)NNc1nc(C)c2ccccc2n1. The average molecular weight is 216 g/mol. The molecule has 1 aromatic heterocycles.